The summed E-state index contributed by atoms with van der Waals surface area (Å²) in [5.74, 6) is -0.0332. The van der Waals surface area contributed by atoms with Gasteiger partial charge in [-0.15, -0.1) is 4.74 Å². The predicted molar refractivity (Wildman–Crippen MR) is 117 cm³/mol. The zero-order valence-electron chi connectivity index (χ0n) is 16.2. The molecule has 7 heteroatoms. The molecule has 0 unspecified atom stereocenters. The summed E-state index contributed by atoms with van der Waals surface area (Å²) in [6.07, 6.45) is 1.81. The molecular formula is C23H19ClN2O4. The van der Waals surface area contributed by atoms with Crippen LogP contribution in [-0.2, 0) is 13.2 Å². The van der Waals surface area contributed by atoms with Gasteiger partial charge in [0.15, 0.2) is 0 Å². The highest BCUT2D eigenvalue weighted by Crippen LogP contribution is 2.25. The van der Waals surface area contributed by atoms with E-state index in [0.29, 0.717) is 6.61 Å². The number of aromatic amines is 1. The maximum absolute atomic E-state index is 11.5. The number of H-pyrrole nitrogens is 1. The van der Waals surface area contributed by atoms with E-state index in [1.54, 1.807) is 0 Å². The molecule has 0 radical (unpaired) electrons. The zero-order valence-corrected chi connectivity index (χ0v) is 17.0. The number of nitrogens with zero attached hydrogens (tertiary/aromatic N) is 1. The van der Waals surface area contributed by atoms with Gasteiger partial charge in [-0.1, -0.05) is 54.1 Å². The third-order valence-corrected chi connectivity index (χ3v) is 5.11. The Balaban J connectivity index is 1.46. The van der Waals surface area contributed by atoms with E-state index in [-0.39, 0.29) is 6.54 Å². The third-order valence-electron chi connectivity index (χ3n) is 4.78. The van der Waals surface area contributed by atoms with E-state index in [4.69, 9.17) is 20.9 Å². The summed E-state index contributed by atoms with van der Waals surface area (Å²) in [6.45, 7) is 2.51. The summed E-state index contributed by atoms with van der Waals surface area (Å²) in [5, 5.41) is 2.82. The number of hydrogen-bond donors (Lipinski definition) is 1. The maximum Gasteiger partial charge on any atom is 0.440 e. The Bertz CT molecular complexity index is 1350. The molecule has 152 valence electrons. The van der Waals surface area contributed by atoms with Gasteiger partial charge in [0, 0.05) is 10.4 Å². The van der Waals surface area contributed by atoms with E-state index >= 15 is 0 Å². The fourth-order valence-electron chi connectivity index (χ4n) is 3.15. The highest BCUT2D eigenvalue weighted by atomic mass is 35.5. The Labute approximate surface area is 176 Å². The van der Waals surface area contributed by atoms with Crippen molar-refractivity contribution < 1.29 is 9.26 Å². The smallest absolute Gasteiger partial charge is 0.440 e. The first-order valence-electron chi connectivity index (χ1n) is 9.37. The van der Waals surface area contributed by atoms with Crippen LogP contribution >= 0.6 is 11.6 Å². The first-order chi connectivity index (χ1) is 14.5. The van der Waals surface area contributed by atoms with E-state index in [1.165, 1.54) is 0 Å². The normalized spacial score (nSPS) is 11.7. The van der Waals surface area contributed by atoms with Crippen LogP contribution in [0.25, 0.3) is 16.3 Å². The van der Waals surface area contributed by atoms with E-state index in [1.807, 2.05) is 67.6 Å². The summed E-state index contributed by atoms with van der Waals surface area (Å²) >= 11 is 6.23. The minimum atomic E-state index is -0.766. The predicted octanol–water partition coefficient (Wildman–Crippen LogP) is 4.62. The van der Waals surface area contributed by atoms with Crippen molar-refractivity contribution in [2.75, 3.05) is 0 Å². The van der Waals surface area contributed by atoms with Crippen LogP contribution in [0.4, 0.5) is 0 Å². The standard InChI is InChI=1S/C23H19ClN2O4/c1-15(10-11-26-22(27)25-23(28)30-26)17-4-2-6-19(13-17)29-14-16-8-9-20-18(12-16)5-3-7-21(20)24/h2-10,12-13H,11,14H2,1H3,(H,25,27,28)/b15-10+. The molecule has 1 heterocycles. The number of hydrogen-bond acceptors (Lipinski definition) is 4. The van der Waals surface area contributed by atoms with E-state index < -0.39 is 11.4 Å². The number of ether oxygens (including phenoxy) is 1. The fraction of sp³-hybridized carbons (Fsp3) is 0.130. The van der Waals surface area contributed by atoms with Gasteiger partial charge in [0.05, 0.1) is 6.54 Å². The van der Waals surface area contributed by atoms with Crippen molar-refractivity contribution in [1.29, 1.82) is 0 Å². The highest BCUT2D eigenvalue weighted by molar-refractivity contribution is 6.35. The molecule has 0 saturated heterocycles. The van der Waals surface area contributed by atoms with Crippen molar-refractivity contribution in [2.45, 2.75) is 20.1 Å². The molecule has 0 spiro atoms. The second-order valence-corrected chi connectivity index (χ2v) is 7.28. The first-order valence-corrected chi connectivity index (χ1v) is 9.75. The number of fused-ring (bicyclic) bond motifs is 1. The summed E-state index contributed by atoms with van der Waals surface area (Å²) < 4.78 is 11.7. The van der Waals surface area contributed by atoms with Gasteiger partial charge in [-0.3, -0.25) is 0 Å². The van der Waals surface area contributed by atoms with Crippen LogP contribution < -0.4 is 16.2 Å². The molecule has 4 rings (SSSR count). The molecule has 0 saturated carbocycles. The van der Waals surface area contributed by atoms with Gasteiger partial charge in [-0.05, 0) is 53.3 Å². The number of aromatic nitrogens is 2. The highest BCUT2D eigenvalue weighted by Gasteiger charge is 2.04. The molecule has 0 aliphatic heterocycles. The largest absolute Gasteiger partial charge is 0.489 e. The first kappa shape index (κ1) is 19.8. The van der Waals surface area contributed by atoms with Gasteiger partial charge >= 0.3 is 11.4 Å². The van der Waals surface area contributed by atoms with E-state index in [0.717, 1.165) is 43.0 Å². The number of benzene rings is 3. The Kier molecular flexibility index (Phi) is 5.59. The van der Waals surface area contributed by atoms with Crippen LogP contribution in [-0.4, -0.2) is 9.72 Å². The van der Waals surface area contributed by atoms with Crippen molar-refractivity contribution in [1.82, 2.24) is 9.72 Å². The molecule has 1 aromatic heterocycles. The lowest BCUT2D eigenvalue weighted by molar-refractivity contribution is 0.261. The fourth-order valence-corrected chi connectivity index (χ4v) is 3.40. The Morgan fingerprint density at radius 1 is 1.13 bits per heavy atom. The molecule has 0 aliphatic rings. The molecule has 1 N–H and O–H groups in total. The summed E-state index contributed by atoms with van der Waals surface area (Å²) in [7, 11) is 0. The number of allylic oxidation sites excluding steroid dienone is 2. The Morgan fingerprint density at radius 3 is 2.77 bits per heavy atom. The average molecular weight is 423 g/mol. The minimum absolute atomic E-state index is 0.161. The maximum atomic E-state index is 11.5. The van der Waals surface area contributed by atoms with Crippen LogP contribution in [0.3, 0.4) is 0 Å². The van der Waals surface area contributed by atoms with Crippen molar-refractivity contribution in [3.63, 3.8) is 0 Å². The van der Waals surface area contributed by atoms with Crippen molar-refractivity contribution >= 4 is 27.9 Å². The van der Waals surface area contributed by atoms with Gasteiger partial charge in [0.1, 0.15) is 12.4 Å². The summed E-state index contributed by atoms with van der Waals surface area (Å²) in [5.41, 5.74) is 2.35. The molecule has 3 aromatic carbocycles. The lowest BCUT2D eigenvalue weighted by Gasteiger charge is -2.10. The molecule has 0 fully saturated rings. The minimum Gasteiger partial charge on any atom is -0.489 e. The van der Waals surface area contributed by atoms with Crippen LogP contribution in [0.5, 0.6) is 5.75 Å². The lowest BCUT2D eigenvalue weighted by atomic mass is 10.1. The molecule has 4 aromatic rings. The van der Waals surface area contributed by atoms with E-state index in [9.17, 15) is 9.59 Å². The molecule has 0 bridgehead atoms. The Morgan fingerprint density at radius 2 is 1.97 bits per heavy atom. The average Bonchev–Trinajstić information content (AvgIpc) is 3.07. The second kappa shape index (κ2) is 8.47. The third kappa shape index (κ3) is 4.39. The topological polar surface area (TPSA) is 77.2 Å². The number of rotatable bonds is 6. The molecule has 0 amide bonds. The van der Waals surface area contributed by atoms with Crippen molar-refractivity contribution in [3.05, 3.63) is 104 Å². The molecule has 0 atom stereocenters. The van der Waals surface area contributed by atoms with Crippen LogP contribution in [0.15, 0.2) is 80.9 Å². The molecule has 30 heavy (non-hydrogen) atoms. The van der Waals surface area contributed by atoms with Crippen molar-refractivity contribution in [2.24, 2.45) is 0 Å². The van der Waals surface area contributed by atoms with Gasteiger partial charge in [-0.25, -0.2) is 14.6 Å². The van der Waals surface area contributed by atoms with Crippen molar-refractivity contribution in [3.8, 4) is 5.75 Å². The van der Waals surface area contributed by atoms with Crippen LogP contribution in [0.1, 0.15) is 18.1 Å². The second-order valence-electron chi connectivity index (χ2n) is 6.87. The van der Waals surface area contributed by atoms with Gasteiger partial charge in [0.25, 0.3) is 0 Å². The van der Waals surface area contributed by atoms with E-state index in [2.05, 4.69) is 11.1 Å². The monoisotopic (exact) mass is 422 g/mol. The van der Waals surface area contributed by atoms with Crippen LogP contribution in [0.2, 0.25) is 5.02 Å². The number of halogens is 1. The van der Waals surface area contributed by atoms with Gasteiger partial charge < -0.3 is 9.26 Å². The van der Waals surface area contributed by atoms with Gasteiger partial charge in [-0.2, -0.15) is 0 Å². The zero-order chi connectivity index (χ0) is 21.1. The molecule has 0 aliphatic carbocycles. The lowest BCUT2D eigenvalue weighted by Crippen LogP contribution is -2.15. The SMILES string of the molecule is C/C(=C\Cn1oc(=O)[nH]c1=O)c1cccc(OCc2ccc3c(Cl)cccc3c2)c1. The molecule has 6 nitrogen and oxygen atoms in total. The number of nitrogens with one attached hydrogen (secondary N) is 1. The summed E-state index contributed by atoms with van der Waals surface area (Å²) in [6, 6.07) is 19.6. The molecular weight excluding hydrogens is 404 g/mol. The quantitative estimate of drug-likeness (QED) is 0.492. The Hall–Kier alpha value is -3.51. The van der Waals surface area contributed by atoms with Gasteiger partial charge in [0.2, 0.25) is 0 Å². The summed E-state index contributed by atoms with van der Waals surface area (Å²) in [4.78, 5) is 24.6. The van der Waals surface area contributed by atoms with Crippen LogP contribution in [0, 0.1) is 0 Å².